The molecule has 2 aromatic carbocycles. The summed E-state index contributed by atoms with van der Waals surface area (Å²) in [5, 5.41) is 4.94. The predicted octanol–water partition coefficient (Wildman–Crippen LogP) is 5.79. The van der Waals surface area contributed by atoms with Gasteiger partial charge in [0, 0.05) is 24.8 Å². The molecule has 0 aromatic heterocycles. The molecule has 30 heavy (non-hydrogen) atoms. The van der Waals surface area contributed by atoms with Crippen LogP contribution in [0.4, 0.5) is 13.2 Å². The average molecular weight is 439 g/mol. The molecule has 1 aliphatic heterocycles. The second-order valence-electron chi connectivity index (χ2n) is 7.22. The molecular weight excluding hydrogens is 409 g/mol. The van der Waals surface area contributed by atoms with Crippen LogP contribution in [0.15, 0.2) is 42.5 Å². The van der Waals surface area contributed by atoms with Crippen LogP contribution in [0.2, 0.25) is 0 Å². The van der Waals surface area contributed by atoms with Gasteiger partial charge in [-0.1, -0.05) is 37.1 Å². The first-order valence-corrected chi connectivity index (χ1v) is 11.3. The van der Waals surface area contributed by atoms with Crippen molar-refractivity contribution in [2.45, 2.75) is 39.0 Å². The molecule has 7 heteroatoms. The highest BCUT2D eigenvalue weighted by Crippen LogP contribution is 2.31. The number of hydrogen-bond acceptors (Lipinski definition) is 3. The Balaban J connectivity index is 0.000000187. The van der Waals surface area contributed by atoms with Gasteiger partial charge in [0.25, 0.3) is 0 Å². The van der Waals surface area contributed by atoms with E-state index in [4.69, 9.17) is 5.14 Å². The highest BCUT2D eigenvalue weighted by Gasteiger charge is 2.33. The van der Waals surface area contributed by atoms with Crippen molar-refractivity contribution in [3.05, 3.63) is 59.9 Å². The van der Waals surface area contributed by atoms with Crippen LogP contribution in [0, 0.1) is 23.4 Å². The van der Waals surface area contributed by atoms with E-state index in [1.165, 1.54) is 55.5 Å². The van der Waals surface area contributed by atoms with Gasteiger partial charge in [0.1, 0.15) is 17.5 Å². The lowest BCUT2D eigenvalue weighted by molar-refractivity contribution is -0.133. The highest BCUT2D eigenvalue weighted by atomic mass is 32.2. The van der Waals surface area contributed by atoms with Crippen molar-refractivity contribution >= 4 is 17.9 Å². The molecule has 1 saturated heterocycles. The first-order chi connectivity index (χ1) is 14.5. The smallest absolute Gasteiger partial charge is 0.225 e. The normalized spacial score (nSPS) is 15.4. The number of likely N-dealkylation sites (tertiary alicyclic amines) is 1. The second-order valence-corrected chi connectivity index (χ2v) is 8.13. The second kappa shape index (κ2) is 12.6. The van der Waals surface area contributed by atoms with Gasteiger partial charge in [-0.05, 0) is 61.9 Å². The van der Waals surface area contributed by atoms with E-state index in [1.54, 1.807) is 0 Å². The lowest BCUT2D eigenvalue weighted by Gasteiger charge is -2.26. The number of carbonyl (C=O) groups excluding carboxylic acids is 1. The van der Waals surface area contributed by atoms with Gasteiger partial charge >= 0.3 is 0 Å². The molecular formula is C23H29F3N2OS. The first kappa shape index (κ1) is 24.3. The molecule has 1 heterocycles. The van der Waals surface area contributed by atoms with E-state index in [2.05, 4.69) is 4.90 Å². The molecule has 0 bridgehead atoms. The van der Waals surface area contributed by atoms with Gasteiger partial charge in [0.2, 0.25) is 5.91 Å². The molecule has 2 aliphatic rings. The molecule has 2 N–H and O–H groups in total. The number of piperidine rings is 1. The Morgan fingerprint density at radius 3 is 2.10 bits per heavy atom. The summed E-state index contributed by atoms with van der Waals surface area (Å²) in [6.45, 7) is 4.06. The van der Waals surface area contributed by atoms with Crippen molar-refractivity contribution in [1.29, 1.82) is 0 Å². The highest BCUT2D eigenvalue weighted by molar-refractivity contribution is 7.97. The monoisotopic (exact) mass is 438 g/mol. The maximum Gasteiger partial charge on any atom is 0.225 e. The SMILES string of the molecule is CCSN.Fc1cccc(-c2c(F)cccc2F)c1.O=C(C1CC1)N1CCCCC1. The fourth-order valence-electron chi connectivity index (χ4n) is 3.12. The predicted molar refractivity (Wildman–Crippen MR) is 117 cm³/mol. The van der Waals surface area contributed by atoms with Crippen LogP contribution in [0.5, 0.6) is 0 Å². The van der Waals surface area contributed by atoms with E-state index in [9.17, 15) is 18.0 Å². The summed E-state index contributed by atoms with van der Waals surface area (Å²) in [7, 11) is 0. The molecule has 2 aromatic rings. The molecule has 2 fully saturated rings. The standard InChI is InChI=1S/C12H7F3.C9H15NO.C2H7NS/c13-9-4-1-3-8(7-9)12-10(14)5-2-6-11(12)15;11-9(8-4-5-8)10-6-2-1-3-7-10;1-2-4-3/h1-7H;8H,1-7H2;2-3H2,1H3. The maximum atomic E-state index is 13.3. The Morgan fingerprint density at radius 2 is 1.60 bits per heavy atom. The van der Waals surface area contributed by atoms with Gasteiger partial charge in [0.05, 0.1) is 5.56 Å². The number of benzene rings is 2. The third-order valence-corrected chi connectivity index (χ3v) is 5.17. The van der Waals surface area contributed by atoms with Gasteiger partial charge < -0.3 is 4.90 Å². The van der Waals surface area contributed by atoms with Crippen molar-refractivity contribution in [2.24, 2.45) is 11.1 Å². The van der Waals surface area contributed by atoms with Crippen LogP contribution in [0.25, 0.3) is 11.1 Å². The van der Waals surface area contributed by atoms with Crippen LogP contribution in [0.3, 0.4) is 0 Å². The molecule has 0 unspecified atom stereocenters. The third kappa shape index (κ3) is 7.69. The van der Waals surface area contributed by atoms with Gasteiger partial charge in [-0.2, -0.15) is 0 Å². The zero-order valence-corrected chi connectivity index (χ0v) is 18.1. The molecule has 1 saturated carbocycles. The Labute approximate surface area is 181 Å². The van der Waals surface area contributed by atoms with Crippen molar-refractivity contribution < 1.29 is 18.0 Å². The summed E-state index contributed by atoms with van der Waals surface area (Å²) >= 11 is 1.36. The summed E-state index contributed by atoms with van der Waals surface area (Å²) in [5.41, 5.74) is 0.00241. The Kier molecular flexibility index (Phi) is 10.2. The van der Waals surface area contributed by atoms with Crippen LogP contribution in [0.1, 0.15) is 39.0 Å². The van der Waals surface area contributed by atoms with Gasteiger partial charge in [0.15, 0.2) is 0 Å². The minimum atomic E-state index is -0.694. The largest absolute Gasteiger partial charge is 0.342 e. The summed E-state index contributed by atoms with van der Waals surface area (Å²) in [5.74, 6) is -0.0332. The molecule has 164 valence electrons. The molecule has 0 atom stereocenters. The van der Waals surface area contributed by atoms with Gasteiger partial charge in [-0.15, -0.1) is 0 Å². The van der Waals surface area contributed by atoms with Crippen LogP contribution >= 0.6 is 11.9 Å². The van der Waals surface area contributed by atoms with E-state index in [0.29, 0.717) is 11.8 Å². The lowest BCUT2D eigenvalue weighted by atomic mass is 10.0. The fraction of sp³-hybridized carbons (Fsp3) is 0.435. The zero-order chi connectivity index (χ0) is 21.9. The topological polar surface area (TPSA) is 46.3 Å². The van der Waals surface area contributed by atoms with Crippen LogP contribution < -0.4 is 5.14 Å². The van der Waals surface area contributed by atoms with Gasteiger partial charge in [-0.3, -0.25) is 9.93 Å². The molecule has 4 rings (SSSR count). The first-order valence-electron chi connectivity index (χ1n) is 10.3. The summed E-state index contributed by atoms with van der Waals surface area (Å²) < 4.78 is 39.5. The van der Waals surface area contributed by atoms with Crippen LogP contribution in [-0.2, 0) is 4.79 Å². The number of carbonyl (C=O) groups is 1. The quantitative estimate of drug-likeness (QED) is 0.617. The summed E-state index contributed by atoms with van der Waals surface area (Å²) in [6.07, 6.45) is 6.05. The minimum Gasteiger partial charge on any atom is -0.342 e. The van der Waals surface area contributed by atoms with Crippen LogP contribution in [-0.4, -0.2) is 29.6 Å². The number of nitrogens with two attached hydrogens (primary N) is 1. The number of amides is 1. The molecule has 3 nitrogen and oxygen atoms in total. The van der Waals surface area contributed by atoms with E-state index >= 15 is 0 Å². The fourth-order valence-corrected chi connectivity index (χ4v) is 3.12. The Hall–Kier alpha value is -1.99. The molecule has 0 spiro atoms. The van der Waals surface area contributed by atoms with Gasteiger partial charge in [-0.25, -0.2) is 13.2 Å². The summed E-state index contributed by atoms with van der Waals surface area (Å²) in [6, 6.07) is 8.75. The Morgan fingerprint density at radius 1 is 1.03 bits per heavy atom. The molecule has 1 aliphatic carbocycles. The maximum absolute atomic E-state index is 13.3. The van der Waals surface area contributed by atoms with Crippen molar-refractivity contribution in [3.8, 4) is 11.1 Å². The lowest BCUT2D eigenvalue weighted by Crippen LogP contribution is -2.36. The van der Waals surface area contributed by atoms with E-state index in [0.717, 1.165) is 49.9 Å². The van der Waals surface area contributed by atoms with E-state index in [-0.39, 0.29) is 11.1 Å². The number of rotatable bonds is 3. The van der Waals surface area contributed by atoms with Crippen molar-refractivity contribution in [1.82, 2.24) is 4.90 Å². The number of halogens is 3. The summed E-state index contributed by atoms with van der Waals surface area (Å²) in [4.78, 5) is 13.5. The average Bonchev–Trinajstić information content (AvgIpc) is 3.60. The third-order valence-electron chi connectivity index (χ3n) is 4.84. The van der Waals surface area contributed by atoms with E-state index < -0.39 is 17.5 Å². The molecule has 0 radical (unpaired) electrons. The number of hydrogen-bond donors (Lipinski definition) is 1. The van der Waals surface area contributed by atoms with Crippen molar-refractivity contribution in [3.63, 3.8) is 0 Å². The molecule has 1 amide bonds. The zero-order valence-electron chi connectivity index (χ0n) is 17.3. The Bertz CT molecular complexity index is 787. The number of nitrogens with zero attached hydrogens (tertiary/aromatic N) is 1. The van der Waals surface area contributed by atoms with Crippen molar-refractivity contribution in [2.75, 3.05) is 18.8 Å². The van der Waals surface area contributed by atoms with E-state index in [1.807, 2.05) is 6.92 Å². The minimum absolute atomic E-state index is 0.197.